The minimum atomic E-state index is -0.450. The van der Waals surface area contributed by atoms with E-state index in [0.717, 1.165) is 38.5 Å². The molecular formula is C25H44N2O3. The van der Waals surface area contributed by atoms with Gasteiger partial charge in [-0.05, 0) is 34.6 Å². The summed E-state index contributed by atoms with van der Waals surface area (Å²) in [5, 5.41) is 10.3. The Hall–Kier alpha value is -1.14. The number of aliphatic hydroxyl groups is 1. The number of ether oxygens (including phenoxy) is 2. The van der Waals surface area contributed by atoms with E-state index in [9.17, 15) is 5.11 Å². The fourth-order valence-electron chi connectivity index (χ4n) is 3.78. The van der Waals surface area contributed by atoms with Gasteiger partial charge in [0, 0.05) is 32.7 Å². The lowest BCUT2D eigenvalue weighted by molar-refractivity contribution is 0.000280. The van der Waals surface area contributed by atoms with E-state index < -0.39 is 6.10 Å². The Bertz CT molecular complexity index is 641. The van der Waals surface area contributed by atoms with Gasteiger partial charge in [0.05, 0.1) is 19.3 Å². The van der Waals surface area contributed by atoms with Crippen molar-refractivity contribution >= 4 is 0 Å². The summed E-state index contributed by atoms with van der Waals surface area (Å²) >= 11 is 0. The van der Waals surface area contributed by atoms with Crippen molar-refractivity contribution in [2.75, 3.05) is 59.1 Å². The summed E-state index contributed by atoms with van der Waals surface area (Å²) in [5.41, 5.74) is 2.66. The zero-order valence-electron chi connectivity index (χ0n) is 20.3. The highest BCUT2D eigenvalue weighted by Gasteiger charge is 2.23. The van der Waals surface area contributed by atoms with E-state index >= 15 is 0 Å². The number of hydrogen-bond acceptors (Lipinski definition) is 5. The van der Waals surface area contributed by atoms with Gasteiger partial charge in [0.2, 0.25) is 0 Å². The van der Waals surface area contributed by atoms with E-state index in [-0.39, 0.29) is 10.8 Å². The molecule has 5 heteroatoms. The predicted molar refractivity (Wildman–Crippen MR) is 125 cm³/mol. The molecule has 0 bridgehead atoms. The van der Waals surface area contributed by atoms with Crippen molar-refractivity contribution in [2.24, 2.45) is 0 Å². The normalized spacial score (nSPS) is 17.9. The molecule has 1 atom stereocenters. The smallest absolute Gasteiger partial charge is 0.123 e. The summed E-state index contributed by atoms with van der Waals surface area (Å²) in [5.74, 6) is 0.924. The van der Waals surface area contributed by atoms with E-state index in [1.54, 1.807) is 0 Å². The first-order valence-corrected chi connectivity index (χ1v) is 11.5. The fourth-order valence-corrected chi connectivity index (χ4v) is 3.78. The molecule has 172 valence electrons. The molecule has 0 unspecified atom stereocenters. The van der Waals surface area contributed by atoms with Crippen LogP contribution in [0.15, 0.2) is 18.2 Å². The van der Waals surface area contributed by atoms with Crippen LogP contribution in [0.5, 0.6) is 5.75 Å². The topological polar surface area (TPSA) is 45.2 Å². The summed E-state index contributed by atoms with van der Waals surface area (Å²) < 4.78 is 11.8. The van der Waals surface area contributed by atoms with Crippen molar-refractivity contribution in [2.45, 2.75) is 65.4 Å². The maximum absolute atomic E-state index is 10.3. The number of β-amino-alcohol motifs (C(OH)–C–C–N with tert-alkyl or cyclic N) is 1. The van der Waals surface area contributed by atoms with Crippen LogP contribution in [0.1, 0.15) is 59.6 Å². The van der Waals surface area contributed by atoms with Gasteiger partial charge in [-0.1, -0.05) is 60.6 Å². The fraction of sp³-hybridized carbons (Fsp3) is 0.760. The summed E-state index contributed by atoms with van der Waals surface area (Å²) in [7, 11) is 0. The van der Waals surface area contributed by atoms with Crippen LogP contribution in [0, 0.1) is 0 Å². The van der Waals surface area contributed by atoms with Crippen LogP contribution >= 0.6 is 0 Å². The van der Waals surface area contributed by atoms with Gasteiger partial charge in [0.25, 0.3) is 0 Å². The molecule has 0 aromatic heterocycles. The lowest BCUT2D eigenvalue weighted by Crippen LogP contribution is -2.48. The molecule has 0 spiro atoms. The van der Waals surface area contributed by atoms with E-state index in [1.807, 2.05) is 0 Å². The summed E-state index contributed by atoms with van der Waals surface area (Å²) in [6.07, 6.45) is -0.450. The van der Waals surface area contributed by atoms with Crippen molar-refractivity contribution < 1.29 is 14.6 Å². The monoisotopic (exact) mass is 420 g/mol. The van der Waals surface area contributed by atoms with Crippen LogP contribution < -0.4 is 4.74 Å². The maximum Gasteiger partial charge on any atom is 0.123 e. The second-order valence-electron chi connectivity index (χ2n) is 10.5. The van der Waals surface area contributed by atoms with Gasteiger partial charge in [-0.15, -0.1) is 0 Å². The molecule has 1 N–H and O–H groups in total. The Morgan fingerprint density at radius 2 is 1.57 bits per heavy atom. The number of likely N-dealkylation sites (N-methyl/N-ethyl adjacent to an activating group) is 1. The molecule has 1 aliphatic heterocycles. The van der Waals surface area contributed by atoms with Crippen molar-refractivity contribution in [3.63, 3.8) is 0 Å². The van der Waals surface area contributed by atoms with Gasteiger partial charge in [0.1, 0.15) is 12.4 Å². The lowest BCUT2D eigenvalue weighted by atomic mass is 9.80. The lowest BCUT2D eigenvalue weighted by Gasteiger charge is -2.34. The standard InChI is InChI=1S/C25H44N2O3/c1-8-26-11-13-27(14-12-26)18-21(28)19-29-15-16-30-23-10-9-20(24(2,3)4)17-22(23)25(5,6)7/h9-10,17,21,28H,8,11-16,18-19H2,1-7H3/t21-/m0/s1. The first-order chi connectivity index (χ1) is 14.0. The Morgan fingerprint density at radius 3 is 2.13 bits per heavy atom. The summed E-state index contributed by atoms with van der Waals surface area (Å²) in [4.78, 5) is 4.76. The van der Waals surface area contributed by atoms with Crippen molar-refractivity contribution in [3.8, 4) is 5.75 Å². The number of rotatable bonds is 9. The summed E-state index contributed by atoms with van der Waals surface area (Å²) in [6.45, 7) is 22.9. The van der Waals surface area contributed by atoms with Gasteiger partial charge >= 0.3 is 0 Å². The average molecular weight is 421 g/mol. The number of piperazine rings is 1. The largest absolute Gasteiger partial charge is 0.491 e. The Labute approximate surface area is 184 Å². The molecule has 0 aliphatic carbocycles. The Balaban J connectivity index is 1.76. The molecule has 0 saturated carbocycles. The van der Waals surface area contributed by atoms with Crippen LogP contribution in [0.2, 0.25) is 0 Å². The minimum absolute atomic E-state index is 0.00937. The SMILES string of the molecule is CCN1CCN(C[C@H](O)COCCOc2ccc(C(C)(C)C)cc2C(C)(C)C)CC1. The van der Waals surface area contributed by atoms with E-state index in [4.69, 9.17) is 9.47 Å². The zero-order valence-corrected chi connectivity index (χ0v) is 20.3. The molecule has 0 amide bonds. The third-order valence-electron chi connectivity index (χ3n) is 5.83. The van der Waals surface area contributed by atoms with Gasteiger partial charge in [-0.3, -0.25) is 4.90 Å². The minimum Gasteiger partial charge on any atom is -0.491 e. The van der Waals surface area contributed by atoms with E-state index in [2.05, 4.69) is 76.5 Å². The molecule has 1 aromatic rings. The molecule has 1 fully saturated rings. The molecule has 1 heterocycles. The second-order valence-corrected chi connectivity index (χ2v) is 10.5. The zero-order chi connectivity index (χ0) is 22.4. The Morgan fingerprint density at radius 1 is 0.933 bits per heavy atom. The molecule has 1 saturated heterocycles. The van der Waals surface area contributed by atoms with Gasteiger partial charge in [-0.25, -0.2) is 0 Å². The van der Waals surface area contributed by atoms with Gasteiger partial charge in [0.15, 0.2) is 0 Å². The van der Waals surface area contributed by atoms with Crippen molar-refractivity contribution in [1.29, 1.82) is 0 Å². The highest BCUT2D eigenvalue weighted by molar-refractivity contribution is 5.43. The number of aliphatic hydroxyl groups excluding tert-OH is 1. The van der Waals surface area contributed by atoms with Crippen LogP contribution in [0.3, 0.4) is 0 Å². The van der Waals surface area contributed by atoms with Crippen molar-refractivity contribution in [3.05, 3.63) is 29.3 Å². The number of nitrogens with zero attached hydrogens (tertiary/aromatic N) is 2. The van der Waals surface area contributed by atoms with Crippen molar-refractivity contribution in [1.82, 2.24) is 9.80 Å². The highest BCUT2D eigenvalue weighted by atomic mass is 16.5. The second kappa shape index (κ2) is 10.9. The Kier molecular flexibility index (Phi) is 9.16. The van der Waals surface area contributed by atoms with Crippen LogP contribution in [-0.4, -0.2) is 80.1 Å². The molecule has 0 radical (unpaired) electrons. The maximum atomic E-state index is 10.3. The average Bonchev–Trinajstić information content (AvgIpc) is 2.67. The van der Waals surface area contributed by atoms with Crippen LogP contribution in [0.4, 0.5) is 0 Å². The molecule has 2 rings (SSSR count). The quantitative estimate of drug-likeness (QED) is 0.618. The van der Waals surface area contributed by atoms with Crippen LogP contribution in [0.25, 0.3) is 0 Å². The van der Waals surface area contributed by atoms with E-state index in [1.165, 1.54) is 11.1 Å². The predicted octanol–water partition coefficient (Wildman–Crippen LogP) is 3.68. The van der Waals surface area contributed by atoms with Gasteiger partial charge < -0.3 is 19.5 Å². The number of hydrogen-bond donors (Lipinski definition) is 1. The molecular weight excluding hydrogens is 376 g/mol. The highest BCUT2D eigenvalue weighted by Crippen LogP contribution is 2.35. The number of benzene rings is 1. The third kappa shape index (κ3) is 7.84. The molecule has 1 aliphatic rings. The molecule has 30 heavy (non-hydrogen) atoms. The van der Waals surface area contributed by atoms with Gasteiger partial charge in [-0.2, -0.15) is 0 Å². The first kappa shape index (κ1) is 25.1. The first-order valence-electron chi connectivity index (χ1n) is 11.5. The molecule has 1 aromatic carbocycles. The third-order valence-corrected chi connectivity index (χ3v) is 5.83. The summed E-state index contributed by atoms with van der Waals surface area (Å²) in [6, 6.07) is 6.53. The van der Waals surface area contributed by atoms with E-state index in [0.29, 0.717) is 26.4 Å². The van der Waals surface area contributed by atoms with Crippen LogP contribution in [-0.2, 0) is 15.6 Å². The molecule has 5 nitrogen and oxygen atoms in total.